The number of primary sulfonamides is 1. The van der Waals surface area contributed by atoms with Gasteiger partial charge < -0.3 is 9.32 Å². The fourth-order valence-electron chi connectivity index (χ4n) is 3.08. The molecular formula is C17H20N2O4S. The molecule has 1 unspecified atom stereocenters. The summed E-state index contributed by atoms with van der Waals surface area (Å²) in [7, 11) is -3.58. The largest absolute Gasteiger partial charge is 0.464 e. The molecule has 1 aliphatic rings. The molecule has 1 aliphatic heterocycles. The molecule has 2 heterocycles. The number of carbonyl (C=O) groups excluding carboxylic acids is 1. The van der Waals surface area contributed by atoms with E-state index in [1.165, 1.54) is 0 Å². The predicted octanol–water partition coefficient (Wildman–Crippen LogP) is 2.35. The number of nitrogens with two attached hydrogens (primary N) is 1. The van der Waals surface area contributed by atoms with E-state index in [0.29, 0.717) is 17.7 Å². The molecule has 0 bridgehead atoms. The molecule has 1 atom stereocenters. The minimum Gasteiger partial charge on any atom is -0.464 e. The average molecular weight is 348 g/mol. The van der Waals surface area contributed by atoms with Gasteiger partial charge >= 0.3 is 0 Å². The van der Waals surface area contributed by atoms with Crippen LogP contribution in [0.15, 0.2) is 40.8 Å². The van der Waals surface area contributed by atoms with Crippen molar-refractivity contribution < 1.29 is 17.6 Å². The third-order valence-electron chi connectivity index (χ3n) is 4.17. The molecule has 24 heavy (non-hydrogen) atoms. The quantitative estimate of drug-likeness (QED) is 0.918. The highest BCUT2D eigenvalue weighted by Gasteiger charge is 2.32. The van der Waals surface area contributed by atoms with E-state index < -0.39 is 10.0 Å². The lowest BCUT2D eigenvalue weighted by Gasteiger charge is -2.23. The molecule has 2 N–H and O–H groups in total. The normalized spacial score (nSPS) is 18.1. The summed E-state index contributed by atoms with van der Waals surface area (Å²) in [5, 5.41) is 5.04. The standard InChI is InChI=1S/C17H20N2O4S/c1-12-4-9-16(23-12)15-3-2-10-19(15)17(20)14-7-5-13(6-8-14)11-24(18,21)22/h4-9,15H,2-3,10-11H2,1H3,(H2,18,21,22). The highest BCUT2D eigenvalue weighted by atomic mass is 32.2. The molecule has 128 valence electrons. The maximum absolute atomic E-state index is 12.8. The Hall–Kier alpha value is -2.12. The Morgan fingerprint density at radius 2 is 1.96 bits per heavy atom. The summed E-state index contributed by atoms with van der Waals surface area (Å²) < 4.78 is 27.9. The Labute approximate surface area is 141 Å². The van der Waals surface area contributed by atoms with E-state index in [0.717, 1.165) is 24.4 Å². The van der Waals surface area contributed by atoms with Gasteiger partial charge in [0, 0.05) is 12.1 Å². The third kappa shape index (κ3) is 3.68. The van der Waals surface area contributed by atoms with Crippen molar-refractivity contribution in [2.45, 2.75) is 31.6 Å². The van der Waals surface area contributed by atoms with Gasteiger partial charge in [-0.2, -0.15) is 0 Å². The van der Waals surface area contributed by atoms with Crippen molar-refractivity contribution in [1.82, 2.24) is 4.90 Å². The Kier molecular flexibility index (Phi) is 4.47. The monoisotopic (exact) mass is 348 g/mol. The fourth-order valence-corrected chi connectivity index (χ4v) is 3.74. The molecular weight excluding hydrogens is 328 g/mol. The van der Waals surface area contributed by atoms with Crippen molar-refractivity contribution in [3.8, 4) is 0 Å². The average Bonchev–Trinajstić information content (AvgIpc) is 3.14. The summed E-state index contributed by atoms with van der Waals surface area (Å²) in [6, 6.07) is 10.3. The molecule has 6 nitrogen and oxygen atoms in total. The van der Waals surface area contributed by atoms with E-state index >= 15 is 0 Å². The second-order valence-corrected chi connectivity index (χ2v) is 7.72. The van der Waals surface area contributed by atoms with Crippen LogP contribution in [0.3, 0.4) is 0 Å². The number of benzene rings is 1. The zero-order valence-corrected chi connectivity index (χ0v) is 14.3. The van der Waals surface area contributed by atoms with E-state index in [-0.39, 0.29) is 17.7 Å². The van der Waals surface area contributed by atoms with Gasteiger partial charge in [-0.15, -0.1) is 0 Å². The Morgan fingerprint density at radius 1 is 1.25 bits per heavy atom. The summed E-state index contributed by atoms with van der Waals surface area (Å²) in [5.74, 6) is 1.33. The molecule has 0 aliphatic carbocycles. The lowest BCUT2D eigenvalue weighted by molar-refractivity contribution is 0.0719. The number of furan rings is 1. The van der Waals surface area contributed by atoms with E-state index in [1.807, 2.05) is 24.0 Å². The van der Waals surface area contributed by atoms with Crippen LogP contribution in [0.4, 0.5) is 0 Å². The molecule has 1 amide bonds. The molecule has 3 rings (SSSR count). The van der Waals surface area contributed by atoms with Crippen molar-refractivity contribution >= 4 is 15.9 Å². The first-order valence-corrected chi connectivity index (χ1v) is 9.52. The summed E-state index contributed by atoms with van der Waals surface area (Å²) in [6.07, 6.45) is 1.81. The van der Waals surface area contributed by atoms with Gasteiger partial charge in [-0.3, -0.25) is 4.79 Å². The maximum Gasteiger partial charge on any atom is 0.254 e. The summed E-state index contributed by atoms with van der Waals surface area (Å²) in [4.78, 5) is 14.6. The van der Waals surface area contributed by atoms with Gasteiger partial charge in [0.1, 0.15) is 11.5 Å². The number of amides is 1. The number of rotatable bonds is 4. The Morgan fingerprint density at radius 3 is 2.54 bits per heavy atom. The van der Waals surface area contributed by atoms with Gasteiger partial charge in [0.15, 0.2) is 0 Å². The van der Waals surface area contributed by atoms with E-state index in [2.05, 4.69) is 0 Å². The number of aryl methyl sites for hydroxylation is 1. The van der Waals surface area contributed by atoms with Crippen LogP contribution in [0.1, 0.15) is 46.3 Å². The van der Waals surface area contributed by atoms with Gasteiger partial charge in [0.2, 0.25) is 10.0 Å². The Bertz CT molecular complexity index is 840. The van der Waals surface area contributed by atoms with Gasteiger partial charge in [-0.05, 0) is 49.6 Å². The van der Waals surface area contributed by atoms with Crippen LogP contribution in [-0.4, -0.2) is 25.8 Å². The van der Waals surface area contributed by atoms with Crippen LogP contribution >= 0.6 is 0 Å². The SMILES string of the molecule is Cc1ccc(C2CCCN2C(=O)c2ccc(CS(N)(=O)=O)cc2)o1. The van der Waals surface area contributed by atoms with Crippen molar-refractivity contribution in [1.29, 1.82) is 0 Å². The van der Waals surface area contributed by atoms with Crippen LogP contribution in [0.5, 0.6) is 0 Å². The number of carbonyl (C=O) groups is 1. The van der Waals surface area contributed by atoms with E-state index in [9.17, 15) is 13.2 Å². The van der Waals surface area contributed by atoms with Crippen molar-refractivity contribution in [2.24, 2.45) is 5.14 Å². The number of likely N-dealkylation sites (tertiary alicyclic amines) is 1. The van der Waals surface area contributed by atoms with Gasteiger partial charge in [0.05, 0.1) is 11.8 Å². The van der Waals surface area contributed by atoms with Crippen LogP contribution in [0, 0.1) is 6.92 Å². The van der Waals surface area contributed by atoms with Crippen molar-refractivity contribution in [3.63, 3.8) is 0 Å². The number of sulfonamides is 1. The van der Waals surface area contributed by atoms with Crippen LogP contribution < -0.4 is 5.14 Å². The van der Waals surface area contributed by atoms with Crippen molar-refractivity contribution in [2.75, 3.05) is 6.54 Å². The molecule has 1 aromatic carbocycles. The minimum atomic E-state index is -3.58. The summed E-state index contributed by atoms with van der Waals surface area (Å²) in [6.45, 7) is 2.57. The van der Waals surface area contributed by atoms with Crippen molar-refractivity contribution in [3.05, 3.63) is 59.0 Å². The third-order valence-corrected chi connectivity index (χ3v) is 4.91. The topological polar surface area (TPSA) is 93.6 Å². The maximum atomic E-state index is 12.8. The number of nitrogens with zero attached hydrogens (tertiary/aromatic N) is 1. The number of hydrogen-bond donors (Lipinski definition) is 1. The lowest BCUT2D eigenvalue weighted by Crippen LogP contribution is -2.30. The number of hydrogen-bond acceptors (Lipinski definition) is 4. The highest BCUT2D eigenvalue weighted by molar-refractivity contribution is 7.88. The molecule has 1 saturated heterocycles. The molecule has 1 aromatic heterocycles. The van der Waals surface area contributed by atoms with Gasteiger partial charge in [-0.25, -0.2) is 13.6 Å². The van der Waals surface area contributed by atoms with E-state index in [1.54, 1.807) is 24.3 Å². The summed E-state index contributed by atoms with van der Waals surface area (Å²) >= 11 is 0. The molecule has 0 spiro atoms. The fraction of sp³-hybridized carbons (Fsp3) is 0.353. The Balaban J connectivity index is 1.78. The van der Waals surface area contributed by atoms with Crippen LogP contribution in [-0.2, 0) is 15.8 Å². The first-order chi connectivity index (χ1) is 11.3. The molecule has 7 heteroatoms. The highest BCUT2D eigenvalue weighted by Crippen LogP contribution is 2.34. The first-order valence-electron chi connectivity index (χ1n) is 7.80. The first kappa shape index (κ1) is 16.7. The van der Waals surface area contributed by atoms with E-state index in [4.69, 9.17) is 9.56 Å². The second-order valence-electron chi connectivity index (χ2n) is 6.11. The molecule has 0 radical (unpaired) electrons. The smallest absolute Gasteiger partial charge is 0.254 e. The lowest BCUT2D eigenvalue weighted by atomic mass is 10.1. The molecule has 1 fully saturated rings. The van der Waals surface area contributed by atoms with Crippen LogP contribution in [0.2, 0.25) is 0 Å². The predicted molar refractivity (Wildman–Crippen MR) is 89.7 cm³/mol. The second kappa shape index (κ2) is 6.41. The molecule has 0 saturated carbocycles. The van der Waals surface area contributed by atoms with Gasteiger partial charge in [-0.1, -0.05) is 12.1 Å². The zero-order chi connectivity index (χ0) is 17.3. The summed E-state index contributed by atoms with van der Waals surface area (Å²) in [5.41, 5.74) is 1.09. The minimum absolute atomic E-state index is 0.0460. The zero-order valence-electron chi connectivity index (χ0n) is 13.4. The van der Waals surface area contributed by atoms with Gasteiger partial charge in [0.25, 0.3) is 5.91 Å². The van der Waals surface area contributed by atoms with Crippen LogP contribution in [0.25, 0.3) is 0 Å². The molecule has 2 aromatic rings.